The molecule has 2 N–H and O–H groups in total. The molecule has 7 nitrogen and oxygen atoms in total. The van der Waals surface area contributed by atoms with Gasteiger partial charge in [0.05, 0.1) is 25.1 Å². The van der Waals surface area contributed by atoms with E-state index < -0.39 is 23.7 Å². The topological polar surface area (TPSA) is 104 Å². The molecule has 1 aliphatic heterocycles. The van der Waals surface area contributed by atoms with Crippen molar-refractivity contribution in [1.29, 1.82) is 0 Å². The third-order valence-electron chi connectivity index (χ3n) is 4.59. The summed E-state index contributed by atoms with van der Waals surface area (Å²) in [5, 5.41) is 19.8. The third kappa shape index (κ3) is 3.59. The van der Waals surface area contributed by atoms with E-state index in [0.717, 1.165) is 0 Å². The Hall–Kier alpha value is -3.61. The van der Waals surface area contributed by atoms with E-state index in [2.05, 4.69) is 0 Å². The van der Waals surface area contributed by atoms with E-state index in [1.807, 2.05) is 0 Å². The van der Waals surface area contributed by atoms with Crippen LogP contribution in [0.3, 0.4) is 0 Å². The molecule has 1 amide bonds. The lowest BCUT2D eigenvalue weighted by Gasteiger charge is -2.24. The number of ether oxygens (including phenoxy) is 1. The number of methoxy groups -OCH3 is 1. The number of nitrogens with zero attached hydrogens (tertiary/aromatic N) is 1. The Labute approximate surface area is 161 Å². The van der Waals surface area contributed by atoms with E-state index in [9.17, 15) is 19.5 Å². The van der Waals surface area contributed by atoms with Crippen molar-refractivity contribution < 1.29 is 29.3 Å². The Morgan fingerprint density at radius 2 is 1.68 bits per heavy atom. The lowest BCUT2D eigenvalue weighted by atomic mass is 9.95. The molecule has 0 aliphatic carbocycles. The van der Waals surface area contributed by atoms with Gasteiger partial charge >= 0.3 is 5.97 Å². The second-order valence-corrected chi connectivity index (χ2v) is 6.28. The Bertz CT molecular complexity index is 933. The molecule has 0 aromatic heterocycles. The van der Waals surface area contributed by atoms with Crippen LogP contribution in [0.25, 0.3) is 5.76 Å². The highest BCUT2D eigenvalue weighted by atomic mass is 16.5. The van der Waals surface area contributed by atoms with Gasteiger partial charge in [-0.3, -0.25) is 14.4 Å². The molecule has 1 atom stereocenters. The molecule has 1 heterocycles. The van der Waals surface area contributed by atoms with Crippen LogP contribution in [-0.2, 0) is 14.4 Å². The number of carboxylic acids is 1. The summed E-state index contributed by atoms with van der Waals surface area (Å²) in [4.78, 5) is 37.5. The SMILES string of the molecule is COc1ccc([C@@H]2C(=C(O)c3ccccc3)C(=O)C(=O)N2CCC(=O)O)cc1. The van der Waals surface area contributed by atoms with Crippen LogP contribution in [0.2, 0.25) is 0 Å². The largest absolute Gasteiger partial charge is 0.507 e. The van der Waals surface area contributed by atoms with Crippen LogP contribution < -0.4 is 4.74 Å². The van der Waals surface area contributed by atoms with E-state index in [0.29, 0.717) is 16.9 Å². The molecule has 0 unspecified atom stereocenters. The molecular formula is C21H19NO6. The van der Waals surface area contributed by atoms with Gasteiger partial charge in [0, 0.05) is 12.1 Å². The van der Waals surface area contributed by atoms with Crippen LogP contribution in [-0.4, -0.2) is 46.4 Å². The first kappa shape index (κ1) is 19.2. The first-order valence-corrected chi connectivity index (χ1v) is 8.63. The number of ketones is 1. The molecule has 144 valence electrons. The second-order valence-electron chi connectivity index (χ2n) is 6.28. The summed E-state index contributed by atoms with van der Waals surface area (Å²) < 4.78 is 5.14. The van der Waals surface area contributed by atoms with Crippen LogP contribution in [0.15, 0.2) is 60.2 Å². The first-order valence-electron chi connectivity index (χ1n) is 8.63. The lowest BCUT2D eigenvalue weighted by molar-refractivity contribution is -0.142. The minimum absolute atomic E-state index is 0.0632. The van der Waals surface area contributed by atoms with Gasteiger partial charge in [0.2, 0.25) is 0 Å². The zero-order valence-corrected chi connectivity index (χ0v) is 15.2. The van der Waals surface area contributed by atoms with Gasteiger partial charge in [-0.05, 0) is 17.7 Å². The van der Waals surface area contributed by atoms with Gasteiger partial charge < -0.3 is 19.8 Å². The second kappa shape index (κ2) is 7.96. The summed E-state index contributed by atoms with van der Waals surface area (Å²) in [5.74, 6) is -2.46. The van der Waals surface area contributed by atoms with Crippen molar-refractivity contribution in [3.8, 4) is 5.75 Å². The van der Waals surface area contributed by atoms with Gasteiger partial charge in [0.25, 0.3) is 11.7 Å². The summed E-state index contributed by atoms with van der Waals surface area (Å²) in [6.07, 6.45) is -0.314. The predicted molar refractivity (Wildman–Crippen MR) is 101 cm³/mol. The number of aliphatic carboxylic acids is 1. The van der Waals surface area contributed by atoms with Crippen LogP contribution in [0, 0.1) is 0 Å². The maximum absolute atomic E-state index is 12.7. The number of rotatable bonds is 6. The summed E-state index contributed by atoms with van der Waals surface area (Å²) in [6, 6.07) is 14.3. The fourth-order valence-corrected chi connectivity index (χ4v) is 3.21. The predicted octanol–water partition coefficient (Wildman–Crippen LogP) is 2.59. The van der Waals surface area contributed by atoms with Gasteiger partial charge in [0.1, 0.15) is 11.5 Å². The van der Waals surface area contributed by atoms with E-state index in [-0.39, 0.29) is 24.3 Å². The van der Waals surface area contributed by atoms with E-state index >= 15 is 0 Å². The van der Waals surface area contributed by atoms with Crippen molar-refractivity contribution >= 4 is 23.4 Å². The van der Waals surface area contributed by atoms with Crippen LogP contribution >= 0.6 is 0 Å². The number of aliphatic hydroxyl groups excluding tert-OH is 1. The number of carbonyl (C=O) groups is 3. The molecule has 1 aliphatic rings. The summed E-state index contributed by atoms with van der Waals surface area (Å²) >= 11 is 0. The number of hydrogen-bond donors (Lipinski definition) is 2. The smallest absolute Gasteiger partial charge is 0.305 e. The first-order chi connectivity index (χ1) is 13.4. The zero-order valence-electron chi connectivity index (χ0n) is 15.2. The Kier molecular flexibility index (Phi) is 5.44. The highest BCUT2D eigenvalue weighted by Crippen LogP contribution is 2.39. The molecule has 0 bridgehead atoms. The number of hydrogen-bond acceptors (Lipinski definition) is 5. The number of benzene rings is 2. The molecule has 0 radical (unpaired) electrons. The average molecular weight is 381 g/mol. The van der Waals surface area contributed by atoms with Crippen molar-refractivity contribution in [2.45, 2.75) is 12.5 Å². The quantitative estimate of drug-likeness (QED) is 0.453. The number of amides is 1. The van der Waals surface area contributed by atoms with E-state index in [1.165, 1.54) is 12.0 Å². The minimum Gasteiger partial charge on any atom is -0.507 e. The van der Waals surface area contributed by atoms with Gasteiger partial charge in [-0.15, -0.1) is 0 Å². The molecular weight excluding hydrogens is 362 g/mol. The molecule has 7 heteroatoms. The number of carbonyl (C=O) groups excluding carboxylic acids is 2. The number of carboxylic acid groups (broad SMARTS) is 1. The maximum atomic E-state index is 12.7. The molecule has 28 heavy (non-hydrogen) atoms. The highest BCUT2D eigenvalue weighted by molar-refractivity contribution is 6.46. The minimum atomic E-state index is -1.08. The third-order valence-corrected chi connectivity index (χ3v) is 4.59. The molecule has 2 aromatic carbocycles. The van der Waals surface area contributed by atoms with Crippen molar-refractivity contribution in [2.24, 2.45) is 0 Å². The molecule has 1 saturated heterocycles. The number of aliphatic hydroxyl groups is 1. The van der Waals surface area contributed by atoms with Crippen LogP contribution in [0.1, 0.15) is 23.6 Å². The monoisotopic (exact) mass is 381 g/mol. The van der Waals surface area contributed by atoms with Crippen molar-refractivity contribution in [3.63, 3.8) is 0 Å². The molecule has 0 spiro atoms. The highest BCUT2D eigenvalue weighted by Gasteiger charge is 2.46. The van der Waals surface area contributed by atoms with E-state index in [4.69, 9.17) is 9.84 Å². The molecule has 0 saturated carbocycles. The number of Topliss-reactive ketones (excluding diaryl/α,β-unsaturated/α-hetero) is 1. The van der Waals surface area contributed by atoms with Gasteiger partial charge in [-0.2, -0.15) is 0 Å². The van der Waals surface area contributed by atoms with Crippen LogP contribution in [0.4, 0.5) is 0 Å². The molecule has 3 rings (SSSR count). The fourth-order valence-electron chi connectivity index (χ4n) is 3.21. The van der Waals surface area contributed by atoms with Gasteiger partial charge in [-0.1, -0.05) is 42.5 Å². The normalized spacial score (nSPS) is 18.3. The maximum Gasteiger partial charge on any atom is 0.305 e. The van der Waals surface area contributed by atoms with Crippen molar-refractivity contribution in [2.75, 3.05) is 13.7 Å². The van der Waals surface area contributed by atoms with Gasteiger partial charge in [-0.25, -0.2) is 0 Å². The van der Waals surface area contributed by atoms with Crippen LogP contribution in [0.5, 0.6) is 5.75 Å². The lowest BCUT2D eigenvalue weighted by Crippen LogP contribution is -2.31. The Morgan fingerprint density at radius 1 is 1.04 bits per heavy atom. The average Bonchev–Trinajstić information content (AvgIpc) is 2.97. The van der Waals surface area contributed by atoms with Crippen molar-refractivity contribution in [1.82, 2.24) is 4.90 Å². The zero-order chi connectivity index (χ0) is 20.3. The molecule has 1 fully saturated rings. The Morgan fingerprint density at radius 3 is 2.25 bits per heavy atom. The summed E-state index contributed by atoms with van der Waals surface area (Å²) in [7, 11) is 1.52. The molecule has 2 aromatic rings. The van der Waals surface area contributed by atoms with Crippen molar-refractivity contribution in [3.05, 3.63) is 71.3 Å². The van der Waals surface area contributed by atoms with E-state index in [1.54, 1.807) is 54.6 Å². The van der Waals surface area contributed by atoms with Gasteiger partial charge in [0.15, 0.2) is 0 Å². The summed E-state index contributed by atoms with van der Waals surface area (Å²) in [5.41, 5.74) is 0.909. The standard InChI is InChI=1S/C21H19NO6/c1-28-15-9-7-13(8-10-15)18-17(19(25)14-5-3-2-4-6-14)20(26)21(27)22(18)12-11-16(23)24/h2-10,18,25H,11-12H2,1H3,(H,23,24)/t18-/m1/s1. The summed E-state index contributed by atoms with van der Waals surface area (Å²) in [6.45, 7) is -0.151. The Balaban J connectivity index is 2.13. The number of likely N-dealkylation sites (tertiary alicyclic amines) is 1. The fraction of sp³-hybridized carbons (Fsp3) is 0.190.